The van der Waals surface area contributed by atoms with Gasteiger partial charge in [0.05, 0.1) is 0 Å². The molecule has 0 unspecified atom stereocenters. The molecule has 1 N–H and O–H groups in total. The second-order valence-electron chi connectivity index (χ2n) is 4.91. The van der Waals surface area contributed by atoms with Crippen molar-refractivity contribution in [1.82, 2.24) is 5.32 Å². The van der Waals surface area contributed by atoms with E-state index < -0.39 is 0 Å². The third-order valence-electron chi connectivity index (χ3n) is 3.18. The van der Waals surface area contributed by atoms with Gasteiger partial charge in [0.15, 0.2) is 0 Å². The summed E-state index contributed by atoms with van der Waals surface area (Å²) in [6.45, 7) is 8.67. The van der Waals surface area contributed by atoms with Crippen molar-refractivity contribution in [2.45, 2.75) is 39.2 Å². The van der Waals surface area contributed by atoms with Gasteiger partial charge in [-0.1, -0.05) is 19.9 Å². The number of hydrogen-bond acceptors (Lipinski definition) is 2. The van der Waals surface area contributed by atoms with Crippen molar-refractivity contribution in [2.75, 3.05) is 13.1 Å². The van der Waals surface area contributed by atoms with Crippen LogP contribution in [0, 0.1) is 6.92 Å². The summed E-state index contributed by atoms with van der Waals surface area (Å²) in [5.74, 6) is 1.60. The van der Waals surface area contributed by atoms with Crippen molar-refractivity contribution in [2.24, 2.45) is 0 Å². The zero-order valence-electron chi connectivity index (χ0n) is 10.4. The van der Waals surface area contributed by atoms with Gasteiger partial charge in [-0.3, -0.25) is 0 Å². The summed E-state index contributed by atoms with van der Waals surface area (Å²) in [7, 11) is 0. The molecule has 1 aromatic rings. The number of nitrogens with one attached hydrogen (secondary N) is 1. The first-order valence-electron chi connectivity index (χ1n) is 6.14. The lowest BCUT2D eigenvalue weighted by molar-refractivity contribution is 0.223. The quantitative estimate of drug-likeness (QED) is 0.844. The van der Waals surface area contributed by atoms with Crippen LogP contribution in [0.25, 0.3) is 0 Å². The van der Waals surface area contributed by atoms with Gasteiger partial charge in [0.1, 0.15) is 11.9 Å². The Hall–Kier alpha value is -1.02. The maximum absolute atomic E-state index is 5.93. The molecule has 0 bridgehead atoms. The van der Waals surface area contributed by atoms with Crippen molar-refractivity contribution in [3.05, 3.63) is 29.3 Å². The molecular formula is C14H21NO. The second kappa shape index (κ2) is 4.88. The monoisotopic (exact) mass is 219 g/mol. The highest BCUT2D eigenvalue weighted by Gasteiger charge is 2.16. The highest BCUT2D eigenvalue weighted by molar-refractivity contribution is 5.36. The Bertz CT molecular complexity index is 354. The number of aryl methyl sites for hydroxylation is 1. The van der Waals surface area contributed by atoms with E-state index in [1.807, 2.05) is 0 Å². The molecule has 1 aliphatic heterocycles. The van der Waals surface area contributed by atoms with Gasteiger partial charge >= 0.3 is 0 Å². The third-order valence-corrected chi connectivity index (χ3v) is 3.18. The first-order valence-corrected chi connectivity index (χ1v) is 6.14. The van der Waals surface area contributed by atoms with Gasteiger partial charge in [-0.05, 0) is 49.1 Å². The molecule has 1 heterocycles. The molecule has 2 heteroatoms. The summed E-state index contributed by atoms with van der Waals surface area (Å²) in [4.78, 5) is 0. The van der Waals surface area contributed by atoms with E-state index in [9.17, 15) is 0 Å². The predicted octanol–water partition coefficient (Wildman–Crippen LogP) is 2.86. The standard InChI is InChI=1S/C14H21NO/c1-10(2)14-5-4-12(8-11(14)3)16-13-6-7-15-9-13/h4-5,8,10,13,15H,6-7,9H2,1-3H3/t13-/m1/s1. The topological polar surface area (TPSA) is 21.3 Å². The van der Waals surface area contributed by atoms with Crippen LogP contribution in [0.3, 0.4) is 0 Å². The molecule has 0 aromatic heterocycles. The van der Waals surface area contributed by atoms with Gasteiger partial charge in [0.25, 0.3) is 0 Å². The Morgan fingerprint density at radius 2 is 2.19 bits per heavy atom. The molecule has 1 atom stereocenters. The normalized spacial score (nSPS) is 20.4. The fourth-order valence-corrected chi connectivity index (χ4v) is 2.29. The van der Waals surface area contributed by atoms with Crippen LogP contribution in [-0.4, -0.2) is 19.2 Å². The van der Waals surface area contributed by atoms with Crippen LogP contribution in [0.1, 0.15) is 37.3 Å². The van der Waals surface area contributed by atoms with Gasteiger partial charge in [-0.2, -0.15) is 0 Å². The number of benzene rings is 1. The average molecular weight is 219 g/mol. The van der Waals surface area contributed by atoms with Gasteiger partial charge < -0.3 is 10.1 Å². The average Bonchev–Trinajstić information content (AvgIpc) is 2.70. The SMILES string of the molecule is Cc1cc(O[C@@H]2CCNC2)ccc1C(C)C. The molecule has 2 rings (SSSR count). The Morgan fingerprint density at radius 1 is 1.38 bits per heavy atom. The summed E-state index contributed by atoms with van der Waals surface area (Å²) < 4.78 is 5.93. The summed E-state index contributed by atoms with van der Waals surface area (Å²) in [6.07, 6.45) is 1.47. The lowest BCUT2D eigenvalue weighted by Crippen LogP contribution is -2.19. The molecule has 2 nitrogen and oxygen atoms in total. The number of ether oxygens (including phenoxy) is 1. The summed E-state index contributed by atoms with van der Waals surface area (Å²) in [6, 6.07) is 6.45. The number of rotatable bonds is 3. The molecule has 1 aliphatic rings. The summed E-state index contributed by atoms with van der Waals surface area (Å²) in [5, 5.41) is 3.31. The minimum Gasteiger partial charge on any atom is -0.489 e. The van der Waals surface area contributed by atoms with Gasteiger partial charge in [0, 0.05) is 6.54 Å². The van der Waals surface area contributed by atoms with Crippen LogP contribution >= 0.6 is 0 Å². The van der Waals surface area contributed by atoms with Crippen molar-refractivity contribution >= 4 is 0 Å². The van der Waals surface area contributed by atoms with Gasteiger partial charge in [0.2, 0.25) is 0 Å². The third kappa shape index (κ3) is 2.56. The van der Waals surface area contributed by atoms with E-state index in [1.54, 1.807) is 0 Å². The number of hydrogen-bond donors (Lipinski definition) is 1. The van der Waals surface area contributed by atoms with Crippen molar-refractivity contribution in [1.29, 1.82) is 0 Å². The van der Waals surface area contributed by atoms with E-state index in [4.69, 9.17) is 4.74 Å². The summed E-state index contributed by atoms with van der Waals surface area (Å²) >= 11 is 0. The molecular weight excluding hydrogens is 198 g/mol. The highest BCUT2D eigenvalue weighted by atomic mass is 16.5. The first-order chi connectivity index (χ1) is 7.66. The van der Waals surface area contributed by atoms with Crippen LogP contribution in [0.2, 0.25) is 0 Å². The van der Waals surface area contributed by atoms with Crippen LogP contribution < -0.4 is 10.1 Å². The zero-order chi connectivity index (χ0) is 11.5. The predicted molar refractivity (Wildman–Crippen MR) is 67.2 cm³/mol. The van der Waals surface area contributed by atoms with E-state index in [1.165, 1.54) is 11.1 Å². The molecule has 88 valence electrons. The molecule has 0 saturated carbocycles. The Kier molecular flexibility index (Phi) is 3.49. The van der Waals surface area contributed by atoms with Crippen LogP contribution in [-0.2, 0) is 0 Å². The van der Waals surface area contributed by atoms with Crippen molar-refractivity contribution in [3.63, 3.8) is 0 Å². The van der Waals surface area contributed by atoms with Gasteiger partial charge in [-0.25, -0.2) is 0 Å². The van der Waals surface area contributed by atoms with E-state index in [0.29, 0.717) is 12.0 Å². The van der Waals surface area contributed by atoms with Crippen molar-refractivity contribution in [3.8, 4) is 5.75 Å². The zero-order valence-corrected chi connectivity index (χ0v) is 10.4. The van der Waals surface area contributed by atoms with Crippen LogP contribution in [0.5, 0.6) is 5.75 Å². The minimum atomic E-state index is 0.351. The van der Waals surface area contributed by atoms with E-state index in [0.717, 1.165) is 25.3 Å². The smallest absolute Gasteiger partial charge is 0.120 e. The van der Waals surface area contributed by atoms with Crippen molar-refractivity contribution < 1.29 is 4.74 Å². The molecule has 0 aliphatic carbocycles. The Morgan fingerprint density at radius 3 is 2.75 bits per heavy atom. The molecule has 0 amide bonds. The van der Waals surface area contributed by atoms with Crippen LogP contribution in [0.4, 0.5) is 0 Å². The first kappa shape index (κ1) is 11.5. The highest BCUT2D eigenvalue weighted by Crippen LogP contribution is 2.24. The molecule has 1 fully saturated rings. The molecule has 0 spiro atoms. The van der Waals surface area contributed by atoms with Gasteiger partial charge in [-0.15, -0.1) is 0 Å². The maximum Gasteiger partial charge on any atom is 0.120 e. The molecule has 1 saturated heterocycles. The lowest BCUT2D eigenvalue weighted by atomic mass is 9.98. The second-order valence-corrected chi connectivity index (χ2v) is 4.91. The molecule has 1 aromatic carbocycles. The Balaban J connectivity index is 2.08. The van der Waals surface area contributed by atoms with E-state index in [-0.39, 0.29) is 0 Å². The summed E-state index contributed by atoms with van der Waals surface area (Å²) in [5.41, 5.74) is 2.75. The Labute approximate surface area is 98.0 Å². The van der Waals surface area contributed by atoms with E-state index in [2.05, 4.69) is 44.3 Å². The minimum absolute atomic E-state index is 0.351. The fraction of sp³-hybridized carbons (Fsp3) is 0.571. The lowest BCUT2D eigenvalue weighted by Gasteiger charge is -2.15. The molecule has 16 heavy (non-hydrogen) atoms. The van der Waals surface area contributed by atoms with E-state index >= 15 is 0 Å². The maximum atomic E-state index is 5.93. The van der Waals surface area contributed by atoms with Crippen LogP contribution in [0.15, 0.2) is 18.2 Å². The fourth-order valence-electron chi connectivity index (χ4n) is 2.29. The molecule has 0 radical (unpaired) electrons. The largest absolute Gasteiger partial charge is 0.489 e.